The fraction of sp³-hybridized carbons (Fsp3) is 0.238. The van der Waals surface area contributed by atoms with Gasteiger partial charge in [0.25, 0.3) is 0 Å². The van der Waals surface area contributed by atoms with Gasteiger partial charge in [0.1, 0.15) is 0 Å². The van der Waals surface area contributed by atoms with Crippen LogP contribution in [0.4, 0.5) is 5.69 Å². The van der Waals surface area contributed by atoms with Crippen molar-refractivity contribution in [2.24, 2.45) is 0 Å². The van der Waals surface area contributed by atoms with Crippen molar-refractivity contribution in [3.05, 3.63) is 65.9 Å². The fourth-order valence-electron chi connectivity index (χ4n) is 2.95. The molecule has 0 aliphatic heterocycles. The van der Waals surface area contributed by atoms with Gasteiger partial charge in [-0.1, -0.05) is 24.3 Å². The number of aromatic amines is 1. The zero-order valence-electron chi connectivity index (χ0n) is 15.2. The zero-order valence-corrected chi connectivity index (χ0v) is 15.2. The highest BCUT2D eigenvalue weighted by Crippen LogP contribution is 2.17. The van der Waals surface area contributed by atoms with Gasteiger partial charge in [-0.3, -0.25) is 4.79 Å². The number of amides is 1. The summed E-state index contributed by atoms with van der Waals surface area (Å²) in [5, 5.41) is 7.33. The van der Waals surface area contributed by atoms with Gasteiger partial charge in [-0.25, -0.2) is 4.79 Å². The third kappa shape index (κ3) is 4.95. The van der Waals surface area contributed by atoms with E-state index in [1.54, 1.807) is 24.3 Å². The molecule has 1 amide bonds. The molecule has 2 aromatic carbocycles. The van der Waals surface area contributed by atoms with Gasteiger partial charge < -0.3 is 20.4 Å². The maximum absolute atomic E-state index is 12.1. The number of para-hydroxylation sites is 1. The standard InChI is InChI=1S/C21H23N3O3/c1-27-21(26)15-5-4-6-17(13-15)24-20(25)10-12-22-11-9-16-14-23-19-8-3-2-7-18(16)19/h2-8,13-14,22-23H,9-12H2,1H3,(H,24,25). The Morgan fingerprint density at radius 3 is 2.78 bits per heavy atom. The summed E-state index contributed by atoms with van der Waals surface area (Å²) in [6, 6.07) is 14.9. The maximum atomic E-state index is 12.1. The summed E-state index contributed by atoms with van der Waals surface area (Å²) >= 11 is 0. The summed E-state index contributed by atoms with van der Waals surface area (Å²) < 4.78 is 4.68. The molecule has 0 bridgehead atoms. The van der Waals surface area contributed by atoms with Crippen LogP contribution in [-0.4, -0.2) is 37.1 Å². The van der Waals surface area contributed by atoms with Crippen LogP contribution in [-0.2, 0) is 16.0 Å². The second-order valence-electron chi connectivity index (χ2n) is 6.23. The molecule has 3 rings (SSSR count). The number of rotatable bonds is 8. The number of aromatic nitrogens is 1. The van der Waals surface area contributed by atoms with Crippen molar-refractivity contribution >= 4 is 28.5 Å². The second kappa shape index (κ2) is 9.00. The molecule has 0 aliphatic carbocycles. The molecule has 6 nitrogen and oxygen atoms in total. The highest BCUT2D eigenvalue weighted by Gasteiger charge is 2.08. The van der Waals surface area contributed by atoms with Crippen LogP contribution < -0.4 is 10.6 Å². The summed E-state index contributed by atoms with van der Waals surface area (Å²) in [5.74, 6) is -0.526. The Balaban J connectivity index is 1.40. The molecule has 0 radical (unpaired) electrons. The van der Waals surface area contributed by atoms with E-state index in [9.17, 15) is 9.59 Å². The first-order valence-electron chi connectivity index (χ1n) is 8.91. The maximum Gasteiger partial charge on any atom is 0.337 e. The Labute approximate surface area is 157 Å². The predicted octanol–water partition coefficient (Wildman–Crippen LogP) is 3.12. The molecule has 0 spiro atoms. The molecule has 0 saturated heterocycles. The minimum absolute atomic E-state index is 0.100. The zero-order chi connectivity index (χ0) is 19.1. The summed E-state index contributed by atoms with van der Waals surface area (Å²) in [5.41, 5.74) is 3.40. The third-order valence-corrected chi connectivity index (χ3v) is 4.34. The fourth-order valence-corrected chi connectivity index (χ4v) is 2.95. The molecular formula is C21H23N3O3. The van der Waals surface area contributed by atoms with Crippen LogP contribution >= 0.6 is 0 Å². The van der Waals surface area contributed by atoms with Crippen LogP contribution in [0.5, 0.6) is 0 Å². The number of carbonyl (C=O) groups is 2. The van der Waals surface area contributed by atoms with Crippen molar-refractivity contribution in [3.8, 4) is 0 Å². The van der Waals surface area contributed by atoms with Crippen molar-refractivity contribution in [1.29, 1.82) is 0 Å². The topological polar surface area (TPSA) is 83.2 Å². The largest absolute Gasteiger partial charge is 0.465 e. The van der Waals surface area contributed by atoms with E-state index in [2.05, 4.69) is 32.5 Å². The number of ether oxygens (including phenoxy) is 1. The average molecular weight is 365 g/mol. The Morgan fingerprint density at radius 2 is 1.93 bits per heavy atom. The minimum atomic E-state index is -0.426. The van der Waals surface area contributed by atoms with E-state index in [4.69, 9.17) is 0 Å². The van der Waals surface area contributed by atoms with Crippen molar-refractivity contribution in [3.63, 3.8) is 0 Å². The first-order valence-corrected chi connectivity index (χ1v) is 8.91. The molecule has 1 heterocycles. The van der Waals surface area contributed by atoms with Crippen molar-refractivity contribution < 1.29 is 14.3 Å². The van der Waals surface area contributed by atoms with Gasteiger partial charge in [-0.15, -0.1) is 0 Å². The van der Waals surface area contributed by atoms with E-state index < -0.39 is 5.97 Å². The number of benzene rings is 2. The second-order valence-corrected chi connectivity index (χ2v) is 6.23. The molecule has 0 saturated carbocycles. The lowest BCUT2D eigenvalue weighted by molar-refractivity contribution is -0.116. The monoisotopic (exact) mass is 365 g/mol. The quantitative estimate of drug-likeness (QED) is 0.423. The predicted molar refractivity (Wildman–Crippen MR) is 106 cm³/mol. The molecule has 0 aliphatic rings. The number of hydrogen-bond acceptors (Lipinski definition) is 4. The number of carbonyl (C=O) groups excluding carboxylic acids is 2. The molecule has 27 heavy (non-hydrogen) atoms. The van der Waals surface area contributed by atoms with E-state index in [-0.39, 0.29) is 5.91 Å². The molecule has 140 valence electrons. The van der Waals surface area contributed by atoms with Gasteiger partial charge in [0, 0.05) is 35.8 Å². The van der Waals surface area contributed by atoms with Crippen LogP contribution in [0.15, 0.2) is 54.7 Å². The van der Waals surface area contributed by atoms with Gasteiger partial charge in [0.15, 0.2) is 0 Å². The highest BCUT2D eigenvalue weighted by molar-refractivity contribution is 5.94. The van der Waals surface area contributed by atoms with E-state index in [1.807, 2.05) is 18.3 Å². The number of hydrogen-bond donors (Lipinski definition) is 3. The van der Waals surface area contributed by atoms with Crippen molar-refractivity contribution in [2.45, 2.75) is 12.8 Å². The minimum Gasteiger partial charge on any atom is -0.465 e. The molecule has 0 unspecified atom stereocenters. The van der Waals surface area contributed by atoms with Crippen LogP contribution in [0, 0.1) is 0 Å². The van der Waals surface area contributed by atoms with Crippen molar-refractivity contribution in [2.75, 3.05) is 25.5 Å². The third-order valence-electron chi connectivity index (χ3n) is 4.34. The summed E-state index contributed by atoms with van der Waals surface area (Å²) in [6.07, 6.45) is 3.29. The van der Waals surface area contributed by atoms with Crippen LogP contribution in [0.1, 0.15) is 22.3 Å². The van der Waals surface area contributed by atoms with Gasteiger partial charge >= 0.3 is 5.97 Å². The number of anilines is 1. The van der Waals surface area contributed by atoms with E-state index in [1.165, 1.54) is 18.1 Å². The lowest BCUT2D eigenvalue weighted by Gasteiger charge is -2.08. The van der Waals surface area contributed by atoms with Gasteiger partial charge in [-0.05, 0) is 42.8 Å². The summed E-state index contributed by atoms with van der Waals surface area (Å²) in [4.78, 5) is 26.9. The van der Waals surface area contributed by atoms with Crippen LogP contribution in [0.25, 0.3) is 10.9 Å². The van der Waals surface area contributed by atoms with Gasteiger partial charge in [0.05, 0.1) is 12.7 Å². The molecule has 3 N–H and O–H groups in total. The lowest BCUT2D eigenvalue weighted by Crippen LogP contribution is -2.23. The first-order chi connectivity index (χ1) is 13.2. The number of H-pyrrole nitrogens is 1. The summed E-state index contributed by atoms with van der Waals surface area (Å²) in [7, 11) is 1.33. The highest BCUT2D eigenvalue weighted by atomic mass is 16.5. The van der Waals surface area contributed by atoms with Gasteiger partial charge in [0.2, 0.25) is 5.91 Å². The molecule has 6 heteroatoms. The number of esters is 1. The first kappa shape index (κ1) is 18.7. The Bertz CT molecular complexity index is 933. The smallest absolute Gasteiger partial charge is 0.337 e. The Hall–Kier alpha value is -3.12. The normalized spacial score (nSPS) is 10.7. The molecule has 1 aromatic heterocycles. The Morgan fingerprint density at radius 1 is 1.07 bits per heavy atom. The average Bonchev–Trinajstić information content (AvgIpc) is 3.10. The number of methoxy groups -OCH3 is 1. The van der Waals surface area contributed by atoms with E-state index in [0.29, 0.717) is 24.2 Å². The Kier molecular flexibility index (Phi) is 6.22. The molecule has 0 atom stereocenters. The SMILES string of the molecule is COC(=O)c1cccc(NC(=O)CCNCCc2c[nH]c3ccccc23)c1. The number of nitrogens with one attached hydrogen (secondary N) is 3. The van der Waals surface area contributed by atoms with Crippen molar-refractivity contribution in [1.82, 2.24) is 10.3 Å². The summed E-state index contributed by atoms with van der Waals surface area (Å²) in [6.45, 7) is 1.39. The van der Waals surface area contributed by atoms with Crippen LogP contribution in [0.3, 0.4) is 0 Å². The molecule has 3 aromatic rings. The van der Waals surface area contributed by atoms with E-state index in [0.717, 1.165) is 18.5 Å². The molecular weight excluding hydrogens is 342 g/mol. The van der Waals surface area contributed by atoms with Gasteiger partial charge in [-0.2, -0.15) is 0 Å². The van der Waals surface area contributed by atoms with E-state index >= 15 is 0 Å². The van der Waals surface area contributed by atoms with Crippen LogP contribution in [0.2, 0.25) is 0 Å². The molecule has 0 fully saturated rings. The number of fused-ring (bicyclic) bond motifs is 1. The lowest BCUT2D eigenvalue weighted by atomic mass is 10.1.